The van der Waals surface area contributed by atoms with Crippen LogP contribution in [-0.4, -0.2) is 37.1 Å². The van der Waals surface area contributed by atoms with E-state index in [0.29, 0.717) is 34.5 Å². The van der Waals surface area contributed by atoms with E-state index >= 15 is 0 Å². The zero-order valence-electron chi connectivity index (χ0n) is 16.6. The van der Waals surface area contributed by atoms with Gasteiger partial charge in [0.25, 0.3) is 5.91 Å². The molecule has 0 aliphatic heterocycles. The van der Waals surface area contributed by atoms with Crippen LogP contribution in [0.5, 0.6) is 5.75 Å². The lowest BCUT2D eigenvalue weighted by molar-refractivity contribution is -0.124. The molecule has 0 atom stereocenters. The summed E-state index contributed by atoms with van der Waals surface area (Å²) in [5.41, 5.74) is 2.53. The van der Waals surface area contributed by atoms with Crippen LogP contribution >= 0.6 is 0 Å². The molecule has 1 amide bonds. The normalized spacial score (nSPS) is 10.6. The number of pyridine rings is 1. The minimum absolute atomic E-state index is 0.314. The van der Waals surface area contributed by atoms with Gasteiger partial charge in [0.1, 0.15) is 5.75 Å². The summed E-state index contributed by atoms with van der Waals surface area (Å²) in [5.74, 6) is -0.280. The standard InChI is InChI=1S/C23H24N2O4/c1-3-4-12-24-22(26)15-29-23(27)19-14-21(16-8-6-5-7-9-16)25-20-11-10-17(28-2)13-18(19)20/h5-11,13-14H,3-4,12,15H2,1-2H3,(H,24,26). The summed E-state index contributed by atoms with van der Waals surface area (Å²) < 4.78 is 10.6. The molecular formula is C23H24N2O4. The molecule has 6 heteroatoms. The molecule has 0 saturated heterocycles. The molecular weight excluding hydrogens is 368 g/mol. The predicted octanol–water partition coefficient (Wildman–Crippen LogP) is 3.98. The van der Waals surface area contributed by atoms with Crippen molar-refractivity contribution in [2.45, 2.75) is 19.8 Å². The molecule has 1 heterocycles. The van der Waals surface area contributed by atoms with E-state index in [2.05, 4.69) is 10.3 Å². The molecule has 0 radical (unpaired) electrons. The van der Waals surface area contributed by atoms with Crippen molar-refractivity contribution < 1.29 is 19.1 Å². The molecule has 2 aromatic carbocycles. The van der Waals surface area contributed by atoms with E-state index in [4.69, 9.17) is 9.47 Å². The van der Waals surface area contributed by atoms with Gasteiger partial charge in [0.2, 0.25) is 0 Å². The number of unbranched alkanes of at least 4 members (excludes halogenated alkanes) is 1. The molecule has 1 N–H and O–H groups in total. The van der Waals surface area contributed by atoms with Gasteiger partial charge in [-0.05, 0) is 30.7 Å². The monoisotopic (exact) mass is 392 g/mol. The number of hydrogen-bond donors (Lipinski definition) is 1. The molecule has 0 bridgehead atoms. The highest BCUT2D eigenvalue weighted by molar-refractivity contribution is 6.05. The van der Waals surface area contributed by atoms with Gasteiger partial charge in [-0.15, -0.1) is 0 Å². The molecule has 1 aromatic heterocycles. The Bertz CT molecular complexity index is 1000. The van der Waals surface area contributed by atoms with Gasteiger partial charge in [0, 0.05) is 17.5 Å². The van der Waals surface area contributed by atoms with Crippen LogP contribution in [0.15, 0.2) is 54.6 Å². The van der Waals surface area contributed by atoms with Gasteiger partial charge in [-0.2, -0.15) is 0 Å². The Morgan fingerprint density at radius 3 is 2.59 bits per heavy atom. The molecule has 29 heavy (non-hydrogen) atoms. The molecule has 0 aliphatic carbocycles. The fourth-order valence-corrected chi connectivity index (χ4v) is 2.92. The number of benzene rings is 2. The van der Waals surface area contributed by atoms with Gasteiger partial charge >= 0.3 is 5.97 Å². The molecule has 0 unspecified atom stereocenters. The SMILES string of the molecule is CCCCNC(=O)COC(=O)c1cc(-c2ccccc2)nc2ccc(OC)cc12. The van der Waals surface area contributed by atoms with Gasteiger partial charge in [0.05, 0.1) is 23.9 Å². The fourth-order valence-electron chi connectivity index (χ4n) is 2.92. The number of fused-ring (bicyclic) bond motifs is 1. The first kappa shape index (κ1) is 20.3. The van der Waals surface area contributed by atoms with Crippen molar-refractivity contribution in [3.05, 3.63) is 60.2 Å². The first-order chi connectivity index (χ1) is 14.1. The van der Waals surface area contributed by atoms with E-state index in [1.807, 2.05) is 37.3 Å². The number of nitrogens with one attached hydrogen (secondary N) is 1. The summed E-state index contributed by atoms with van der Waals surface area (Å²) in [7, 11) is 1.56. The highest BCUT2D eigenvalue weighted by Crippen LogP contribution is 2.28. The third-order valence-electron chi connectivity index (χ3n) is 4.49. The van der Waals surface area contributed by atoms with Crippen LogP contribution in [0.3, 0.4) is 0 Å². The number of methoxy groups -OCH3 is 1. The third kappa shape index (κ3) is 5.10. The lowest BCUT2D eigenvalue weighted by atomic mass is 10.0. The van der Waals surface area contributed by atoms with Crippen LogP contribution in [0, 0.1) is 0 Å². The average molecular weight is 392 g/mol. The van der Waals surface area contributed by atoms with Crippen molar-refractivity contribution in [2.75, 3.05) is 20.3 Å². The molecule has 3 rings (SSSR count). The number of aromatic nitrogens is 1. The average Bonchev–Trinajstić information content (AvgIpc) is 2.77. The summed E-state index contributed by atoms with van der Waals surface area (Å²) in [6.07, 6.45) is 1.86. The quantitative estimate of drug-likeness (QED) is 0.463. The Kier molecular flexibility index (Phi) is 6.79. The van der Waals surface area contributed by atoms with Crippen LogP contribution in [0.4, 0.5) is 0 Å². The summed E-state index contributed by atoms with van der Waals surface area (Å²) in [4.78, 5) is 29.4. The number of nitrogens with zero attached hydrogens (tertiary/aromatic N) is 1. The molecule has 0 fully saturated rings. The lowest BCUT2D eigenvalue weighted by Crippen LogP contribution is -2.29. The zero-order valence-corrected chi connectivity index (χ0v) is 16.6. The van der Waals surface area contributed by atoms with Crippen molar-refractivity contribution in [2.24, 2.45) is 0 Å². The van der Waals surface area contributed by atoms with E-state index in [-0.39, 0.29) is 12.5 Å². The summed E-state index contributed by atoms with van der Waals surface area (Å²) in [5, 5.41) is 3.35. The highest BCUT2D eigenvalue weighted by atomic mass is 16.5. The number of carbonyl (C=O) groups excluding carboxylic acids is 2. The van der Waals surface area contributed by atoms with E-state index in [0.717, 1.165) is 18.4 Å². The number of amides is 1. The number of rotatable bonds is 8. The van der Waals surface area contributed by atoms with E-state index in [1.54, 1.807) is 31.4 Å². The summed E-state index contributed by atoms with van der Waals surface area (Å²) >= 11 is 0. The smallest absolute Gasteiger partial charge is 0.339 e. The highest BCUT2D eigenvalue weighted by Gasteiger charge is 2.17. The van der Waals surface area contributed by atoms with E-state index < -0.39 is 5.97 Å². The largest absolute Gasteiger partial charge is 0.497 e. The summed E-state index contributed by atoms with van der Waals surface area (Å²) in [6.45, 7) is 2.29. The lowest BCUT2D eigenvalue weighted by Gasteiger charge is -2.11. The van der Waals surface area contributed by atoms with Gasteiger partial charge in [-0.1, -0.05) is 43.7 Å². The Hall–Kier alpha value is -3.41. The zero-order chi connectivity index (χ0) is 20.6. The molecule has 0 saturated carbocycles. The van der Waals surface area contributed by atoms with Crippen LogP contribution < -0.4 is 10.1 Å². The van der Waals surface area contributed by atoms with Gasteiger partial charge in [-0.3, -0.25) is 4.79 Å². The Balaban J connectivity index is 1.91. The van der Waals surface area contributed by atoms with Crippen molar-refractivity contribution >= 4 is 22.8 Å². The van der Waals surface area contributed by atoms with Crippen LogP contribution in [0.1, 0.15) is 30.1 Å². The number of ether oxygens (including phenoxy) is 2. The van der Waals surface area contributed by atoms with E-state index in [9.17, 15) is 9.59 Å². The van der Waals surface area contributed by atoms with Crippen molar-refractivity contribution in [3.63, 3.8) is 0 Å². The second-order valence-electron chi connectivity index (χ2n) is 6.58. The molecule has 6 nitrogen and oxygen atoms in total. The van der Waals surface area contributed by atoms with Gasteiger partial charge < -0.3 is 14.8 Å². The van der Waals surface area contributed by atoms with Crippen LogP contribution in [-0.2, 0) is 9.53 Å². The number of esters is 1. The van der Waals surface area contributed by atoms with Crippen molar-refractivity contribution in [1.82, 2.24) is 10.3 Å². The molecule has 3 aromatic rings. The first-order valence-electron chi connectivity index (χ1n) is 9.60. The fraction of sp³-hybridized carbons (Fsp3) is 0.261. The number of carbonyl (C=O) groups is 2. The Morgan fingerprint density at radius 1 is 1.07 bits per heavy atom. The van der Waals surface area contributed by atoms with Crippen molar-refractivity contribution in [3.8, 4) is 17.0 Å². The van der Waals surface area contributed by atoms with Crippen molar-refractivity contribution in [1.29, 1.82) is 0 Å². The maximum atomic E-state index is 12.8. The maximum absolute atomic E-state index is 12.8. The first-order valence-corrected chi connectivity index (χ1v) is 9.60. The second kappa shape index (κ2) is 9.68. The molecule has 0 aliphatic rings. The topological polar surface area (TPSA) is 77.5 Å². The predicted molar refractivity (Wildman–Crippen MR) is 112 cm³/mol. The van der Waals surface area contributed by atoms with Crippen LogP contribution in [0.25, 0.3) is 22.2 Å². The summed E-state index contributed by atoms with van der Waals surface area (Å²) in [6, 6.07) is 16.6. The third-order valence-corrected chi connectivity index (χ3v) is 4.49. The van der Waals surface area contributed by atoms with Gasteiger partial charge in [0.15, 0.2) is 6.61 Å². The van der Waals surface area contributed by atoms with E-state index in [1.165, 1.54) is 0 Å². The number of hydrogen-bond acceptors (Lipinski definition) is 5. The molecule has 150 valence electrons. The minimum atomic E-state index is -0.575. The van der Waals surface area contributed by atoms with Gasteiger partial charge in [-0.25, -0.2) is 9.78 Å². The molecule has 0 spiro atoms. The minimum Gasteiger partial charge on any atom is -0.497 e. The van der Waals surface area contributed by atoms with Crippen LogP contribution in [0.2, 0.25) is 0 Å². The second-order valence-corrected chi connectivity index (χ2v) is 6.58. The maximum Gasteiger partial charge on any atom is 0.339 e. The Labute approximate surface area is 169 Å². The Morgan fingerprint density at radius 2 is 1.86 bits per heavy atom.